The number of aliphatic imine (C=N–C) groups is 1. The van der Waals surface area contributed by atoms with Crippen molar-refractivity contribution in [1.29, 1.82) is 0 Å². The first-order chi connectivity index (χ1) is 9.11. The maximum Gasteiger partial charge on any atom is 0.240 e. The second-order valence-corrected chi connectivity index (χ2v) is 3.99. The van der Waals surface area contributed by atoms with E-state index in [0.717, 1.165) is 17.3 Å². The van der Waals surface area contributed by atoms with Crippen LogP contribution in [0.1, 0.15) is 11.3 Å². The van der Waals surface area contributed by atoms with E-state index in [-0.39, 0.29) is 18.0 Å². The standard InChI is InChI=1S/C13H12FN3O2/c1-9-10(6-16-17(9)2)7-19-13-4-3-11(15-8-18)5-12(13)14/h3-6H,7H2,1-2H3. The van der Waals surface area contributed by atoms with Crippen LogP contribution in [0.4, 0.5) is 10.1 Å². The summed E-state index contributed by atoms with van der Waals surface area (Å²) in [5.74, 6) is -0.467. The van der Waals surface area contributed by atoms with E-state index >= 15 is 0 Å². The van der Waals surface area contributed by atoms with Gasteiger partial charge in [-0.2, -0.15) is 10.1 Å². The molecule has 0 radical (unpaired) electrons. The van der Waals surface area contributed by atoms with Crippen molar-refractivity contribution in [2.24, 2.45) is 12.0 Å². The largest absolute Gasteiger partial charge is 0.486 e. The summed E-state index contributed by atoms with van der Waals surface area (Å²) in [4.78, 5) is 13.4. The average molecular weight is 261 g/mol. The van der Waals surface area contributed by atoms with E-state index in [9.17, 15) is 9.18 Å². The van der Waals surface area contributed by atoms with Gasteiger partial charge in [-0.25, -0.2) is 9.18 Å². The lowest BCUT2D eigenvalue weighted by atomic mass is 10.2. The van der Waals surface area contributed by atoms with Gasteiger partial charge in [-0.15, -0.1) is 0 Å². The van der Waals surface area contributed by atoms with Crippen LogP contribution in [-0.2, 0) is 18.4 Å². The second kappa shape index (κ2) is 5.46. The van der Waals surface area contributed by atoms with Gasteiger partial charge in [0.15, 0.2) is 11.6 Å². The zero-order valence-electron chi connectivity index (χ0n) is 10.6. The summed E-state index contributed by atoms with van der Waals surface area (Å²) in [6.07, 6.45) is 3.03. The Morgan fingerprint density at radius 2 is 2.32 bits per heavy atom. The fraction of sp³-hybridized carbons (Fsp3) is 0.231. The Kier molecular flexibility index (Phi) is 3.73. The zero-order valence-corrected chi connectivity index (χ0v) is 10.6. The molecule has 0 saturated carbocycles. The van der Waals surface area contributed by atoms with Crippen molar-refractivity contribution in [3.8, 4) is 5.75 Å². The molecule has 0 aliphatic rings. The number of ether oxygens (including phenoxy) is 1. The average Bonchev–Trinajstić information content (AvgIpc) is 2.70. The molecule has 1 heterocycles. The Morgan fingerprint density at radius 3 is 2.89 bits per heavy atom. The first-order valence-electron chi connectivity index (χ1n) is 5.59. The van der Waals surface area contributed by atoms with Gasteiger partial charge in [-0.05, 0) is 19.1 Å². The summed E-state index contributed by atoms with van der Waals surface area (Å²) < 4.78 is 20.7. The molecule has 0 amide bonds. The van der Waals surface area contributed by atoms with Gasteiger partial charge in [0.05, 0.1) is 11.9 Å². The highest BCUT2D eigenvalue weighted by molar-refractivity contribution is 5.50. The van der Waals surface area contributed by atoms with Crippen molar-refractivity contribution in [1.82, 2.24) is 9.78 Å². The van der Waals surface area contributed by atoms with Crippen molar-refractivity contribution in [3.63, 3.8) is 0 Å². The Morgan fingerprint density at radius 1 is 1.53 bits per heavy atom. The molecule has 1 aromatic carbocycles. The van der Waals surface area contributed by atoms with Crippen LogP contribution < -0.4 is 4.74 Å². The molecule has 0 N–H and O–H groups in total. The highest BCUT2D eigenvalue weighted by Gasteiger charge is 2.08. The summed E-state index contributed by atoms with van der Waals surface area (Å²) in [5, 5.41) is 4.07. The molecule has 2 rings (SSSR count). The highest BCUT2D eigenvalue weighted by atomic mass is 19.1. The topological polar surface area (TPSA) is 56.5 Å². The van der Waals surface area contributed by atoms with Gasteiger partial charge < -0.3 is 4.74 Å². The minimum absolute atomic E-state index is 0.105. The molecular weight excluding hydrogens is 249 g/mol. The van der Waals surface area contributed by atoms with Crippen LogP contribution in [0, 0.1) is 12.7 Å². The third kappa shape index (κ3) is 2.86. The highest BCUT2D eigenvalue weighted by Crippen LogP contribution is 2.23. The smallest absolute Gasteiger partial charge is 0.240 e. The van der Waals surface area contributed by atoms with E-state index in [2.05, 4.69) is 10.1 Å². The maximum absolute atomic E-state index is 13.6. The van der Waals surface area contributed by atoms with Gasteiger partial charge in [0, 0.05) is 24.4 Å². The van der Waals surface area contributed by atoms with E-state index in [1.54, 1.807) is 10.9 Å². The number of carbonyl (C=O) groups excluding carboxylic acids is 1. The number of rotatable bonds is 4. The number of aromatic nitrogens is 2. The molecule has 98 valence electrons. The van der Waals surface area contributed by atoms with Crippen molar-refractivity contribution < 1.29 is 13.9 Å². The summed E-state index contributed by atoms with van der Waals surface area (Å²) >= 11 is 0. The Bertz CT molecular complexity index is 645. The van der Waals surface area contributed by atoms with E-state index in [1.165, 1.54) is 18.2 Å². The van der Waals surface area contributed by atoms with Crippen LogP contribution in [0.5, 0.6) is 5.75 Å². The Balaban J connectivity index is 2.11. The fourth-order valence-electron chi connectivity index (χ4n) is 1.57. The van der Waals surface area contributed by atoms with Crippen molar-refractivity contribution >= 4 is 11.8 Å². The minimum Gasteiger partial charge on any atom is -0.486 e. The molecule has 0 unspecified atom stereocenters. The van der Waals surface area contributed by atoms with Gasteiger partial charge in [0.1, 0.15) is 6.61 Å². The first-order valence-corrected chi connectivity index (χ1v) is 5.59. The molecule has 0 saturated heterocycles. The van der Waals surface area contributed by atoms with E-state index in [4.69, 9.17) is 4.74 Å². The van der Waals surface area contributed by atoms with Crippen molar-refractivity contribution in [2.75, 3.05) is 0 Å². The van der Waals surface area contributed by atoms with Crippen molar-refractivity contribution in [3.05, 3.63) is 41.5 Å². The predicted molar refractivity (Wildman–Crippen MR) is 66.5 cm³/mol. The third-order valence-corrected chi connectivity index (χ3v) is 2.81. The number of nitrogens with zero attached hydrogens (tertiary/aromatic N) is 3. The summed E-state index contributed by atoms with van der Waals surface area (Å²) in [7, 11) is 1.83. The first kappa shape index (κ1) is 13.0. The second-order valence-electron chi connectivity index (χ2n) is 3.99. The van der Waals surface area contributed by atoms with E-state index in [0.29, 0.717) is 0 Å². The van der Waals surface area contributed by atoms with Crippen LogP contribution in [0.25, 0.3) is 0 Å². The molecule has 6 heteroatoms. The molecule has 0 atom stereocenters. The fourth-order valence-corrected chi connectivity index (χ4v) is 1.57. The Labute approximate surface area is 109 Å². The number of hydrogen-bond donors (Lipinski definition) is 0. The number of benzene rings is 1. The normalized spacial score (nSPS) is 10.1. The van der Waals surface area contributed by atoms with Crippen LogP contribution in [0.2, 0.25) is 0 Å². The van der Waals surface area contributed by atoms with Gasteiger partial charge in [-0.3, -0.25) is 4.68 Å². The monoisotopic (exact) mass is 261 g/mol. The quantitative estimate of drug-likeness (QED) is 0.627. The van der Waals surface area contributed by atoms with Gasteiger partial charge in [-0.1, -0.05) is 0 Å². The van der Waals surface area contributed by atoms with Gasteiger partial charge in [0.25, 0.3) is 0 Å². The molecule has 0 fully saturated rings. The van der Waals surface area contributed by atoms with Crippen LogP contribution in [0.15, 0.2) is 29.4 Å². The molecular formula is C13H12FN3O2. The van der Waals surface area contributed by atoms with Crippen LogP contribution in [-0.4, -0.2) is 15.9 Å². The predicted octanol–water partition coefficient (Wildman–Crippen LogP) is 2.41. The lowest BCUT2D eigenvalue weighted by Gasteiger charge is -2.07. The van der Waals surface area contributed by atoms with Gasteiger partial charge >= 0.3 is 0 Å². The minimum atomic E-state index is -0.571. The molecule has 19 heavy (non-hydrogen) atoms. The zero-order chi connectivity index (χ0) is 13.8. The molecule has 0 aliphatic heterocycles. The maximum atomic E-state index is 13.6. The molecule has 2 aromatic rings. The Hall–Kier alpha value is -2.46. The van der Waals surface area contributed by atoms with Gasteiger partial charge in [0.2, 0.25) is 6.08 Å². The molecule has 0 bridgehead atoms. The lowest BCUT2D eigenvalue weighted by molar-refractivity contribution is 0.289. The molecule has 5 nitrogen and oxygen atoms in total. The molecule has 1 aromatic heterocycles. The summed E-state index contributed by atoms with van der Waals surface area (Å²) in [6, 6.07) is 4.03. The van der Waals surface area contributed by atoms with Crippen molar-refractivity contribution in [2.45, 2.75) is 13.5 Å². The third-order valence-electron chi connectivity index (χ3n) is 2.81. The SMILES string of the molecule is Cc1c(COc2ccc(N=C=O)cc2F)cnn1C. The number of hydrogen-bond acceptors (Lipinski definition) is 4. The summed E-state index contributed by atoms with van der Waals surface area (Å²) in [6.45, 7) is 2.14. The number of halogens is 1. The van der Waals surface area contributed by atoms with E-state index in [1.807, 2.05) is 14.0 Å². The van der Waals surface area contributed by atoms with Crippen LogP contribution >= 0.6 is 0 Å². The van der Waals surface area contributed by atoms with Crippen LogP contribution in [0.3, 0.4) is 0 Å². The van der Waals surface area contributed by atoms with E-state index < -0.39 is 5.82 Å². The summed E-state index contributed by atoms with van der Waals surface area (Å²) in [5.41, 5.74) is 2.05. The lowest BCUT2D eigenvalue weighted by Crippen LogP contribution is -1.99. The number of aryl methyl sites for hydroxylation is 1. The molecule has 0 spiro atoms. The number of isocyanates is 1. The molecule has 0 aliphatic carbocycles.